The van der Waals surface area contributed by atoms with Gasteiger partial charge in [-0.15, -0.1) is 0 Å². The quantitative estimate of drug-likeness (QED) is 0.546. The van der Waals surface area contributed by atoms with Crippen molar-refractivity contribution in [2.75, 3.05) is 0 Å². The molecule has 0 radical (unpaired) electrons. The minimum absolute atomic E-state index is 0. The highest BCUT2D eigenvalue weighted by Crippen LogP contribution is 2.41. The van der Waals surface area contributed by atoms with E-state index in [2.05, 4.69) is 30.3 Å². The molecule has 1 aliphatic heterocycles. The van der Waals surface area contributed by atoms with Crippen molar-refractivity contribution in [3.05, 3.63) is 35.9 Å². The van der Waals surface area contributed by atoms with Crippen molar-refractivity contribution >= 4 is 0 Å². The van der Waals surface area contributed by atoms with Gasteiger partial charge in [0.25, 0.3) is 0 Å². The van der Waals surface area contributed by atoms with Crippen molar-refractivity contribution in [1.29, 1.82) is 0 Å². The van der Waals surface area contributed by atoms with Crippen molar-refractivity contribution in [2.24, 2.45) is 5.92 Å². The van der Waals surface area contributed by atoms with Crippen LogP contribution in [0.5, 0.6) is 0 Å². The molecule has 0 bridgehead atoms. The second-order valence-electron chi connectivity index (χ2n) is 5.62. The molecule has 2 fully saturated rings. The first kappa shape index (κ1) is 13.6. The van der Waals surface area contributed by atoms with Crippen molar-refractivity contribution < 1.29 is 4.74 Å². The van der Waals surface area contributed by atoms with E-state index >= 15 is 0 Å². The van der Waals surface area contributed by atoms with Crippen molar-refractivity contribution in [3.63, 3.8) is 0 Å². The van der Waals surface area contributed by atoms with Gasteiger partial charge in [-0.3, -0.25) is 0 Å². The fourth-order valence-electron chi connectivity index (χ4n) is 3.16. The van der Waals surface area contributed by atoms with E-state index < -0.39 is 0 Å². The first-order chi connectivity index (χ1) is 8.42. The highest BCUT2D eigenvalue weighted by molar-refractivity contribution is 5.14. The summed E-state index contributed by atoms with van der Waals surface area (Å²) in [6.07, 6.45) is 10.8. The molecule has 1 saturated heterocycles. The summed E-state index contributed by atoms with van der Waals surface area (Å²) < 4.78 is 5.58. The van der Waals surface area contributed by atoms with Gasteiger partial charge in [-0.25, -0.2) is 0 Å². The summed E-state index contributed by atoms with van der Waals surface area (Å²) in [6.45, 7) is 0. The molecule has 0 aromatic heterocycles. The molecule has 1 heteroatoms. The van der Waals surface area contributed by atoms with Crippen LogP contribution >= 0.6 is 0 Å². The van der Waals surface area contributed by atoms with Crippen molar-refractivity contribution in [1.82, 2.24) is 0 Å². The predicted octanol–water partition coefficient (Wildman–Crippen LogP) is 4.60. The van der Waals surface area contributed by atoms with E-state index in [-0.39, 0.29) is 7.43 Å². The normalized spacial score (nSPS) is 29.2. The summed E-state index contributed by atoms with van der Waals surface area (Å²) in [6, 6.07) is 10.9. The van der Waals surface area contributed by atoms with Gasteiger partial charge >= 0.3 is 0 Å². The predicted molar refractivity (Wildman–Crippen MR) is 76.7 cm³/mol. The number of unbranched alkanes of at least 4 members (excludes halogenated alkanes) is 1. The van der Waals surface area contributed by atoms with Gasteiger partial charge in [0.2, 0.25) is 0 Å². The molecule has 1 aromatic rings. The van der Waals surface area contributed by atoms with Gasteiger partial charge in [0.05, 0.1) is 12.2 Å². The van der Waals surface area contributed by atoms with Crippen LogP contribution in [0.2, 0.25) is 0 Å². The third-order valence-electron chi connectivity index (χ3n) is 4.28. The summed E-state index contributed by atoms with van der Waals surface area (Å²) in [4.78, 5) is 0. The lowest BCUT2D eigenvalue weighted by Gasteiger charge is -2.18. The minimum Gasteiger partial charge on any atom is -0.370 e. The zero-order valence-electron chi connectivity index (χ0n) is 10.5. The molecule has 100 valence electrons. The maximum Gasteiger partial charge on any atom is 0.0844 e. The van der Waals surface area contributed by atoms with E-state index in [1.165, 1.54) is 50.5 Å². The van der Waals surface area contributed by atoms with Gasteiger partial charge in [-0.05, 0) is 43.6 Å². The Balaban J connectivity index is 0.00000120. The maximum absolute atomic E-state index is 5.58. The highest BCUT2D eigenvalue weighted by atomic mass is 16.6. The Labute approximate surface area is 112 Å². The molecule has 1 saturated carbocycles. The van der Waals surface area contributed by atoms with Crippen LogP contribution in [0.25, 0.3) is 0 Å². The number of epoxide rings is 1. The van der Waals surface area contributed by atoms with Gasteiger partial charge in [0.1, 0.15) is 0 Å². The van der Waals surface area contributed by atoms with E-state index in [0.29, 0.717) is 12.2 Å². The van der Waals surface area contributed by atoms with Crippen LogP contribution < -0.4 is 0 Å². The smallest absolute Gasteiger partial charge is 0.0844 e. The molecule has 3 atom stereocenters. The van der Waals surface area contributed by atoms with Gasteiger partial charge in [0, 0.05) is 0 Å². The average Bonchev–Trinajstić information content (AvgIpc) is 3.14. The van der Waals surface area contributed by atoms with Gasteiger partial charge in [-0.2, -0.15) is 0 Å². The Morgan fingerprint density at radius 3 is 2.61 bits per heavy atom. The number of aryl methyl sites for hydroxylation is 1. The lowest BCUT2D eigenvalue weighted by atomic mass is 9.85. The molecular formula is C17H26O. The third kappa shape index (κ3) is 3.58. The monoisotopic (exact) mass is 246 g/mol. The van der Waals surface area contributed by atoms with Crippen LogP contribution in [-0.2, 0) is 11.2 Å². The molecule has 3 unspecified atom stereocenters. The third-order valence-corrected chi connectivity index (χ3v) is 4.28. The lowest BCUT2D eigenvalue weighted by molar-refractivity contribution is 0.345. The first-order valence-electron chi connectivity index (χ1n) is 7.11. The first-order valence-corrected chi connectivity index (χ1v) is 7.11. The highest BCUT2D eigenvalue weighted by Gasteiger charge is 2.43. The summed E-state index contributed by atoms with van der Waals surface area (Å²) in [5, 5.41) is 0. The minimum atomic E-state index is 0. The Hall–Kier alpha value is -0.820. The lowest BCUT2D eigenvalue weighted by Crippen LogP contribution is -2.13. The number of ether oxygens (including phenoxy) is 1. The Bertz CT molecular complexity index is 346. The van der Waals surface area contributed by atoms with Crippen molar-refractivity contribution in [2.45, 2.75) is 64.6 Å². The zero-order chi connectivity index (χ0) is 11.5. The van der Waals surface area contributed by atoms with E-state index in [1.54, 1.807) is 0 Å². The van der Waals surface area contributed by atoms with E-state index in [9.17, 15) is 0 Å². The van der Waals surface area contributed by atoms with Crippen LogP contribution in [0.4, 0.5) is 0 Å². The molecule has 2 aliphatic rings. The van der Waals surface area contributed by atoms with Crippen LogP contribution in [0.1, 0.15) is 51.5 Å². The second-order valence-corrected chi connectivity index (χ2v) is 5.62. The van der Waals surface area contributed by atoms with Crippen LogP contribution in [0.3, 0.4) is 0 Å². The molecule has 1 aliphatic carbocycles. The van der Waals surface area contributed by atoms with Crippen LogP contribution in [0.15, 0.2) is 30.3 Å². The van der Waals surface area contributed by atoms with E-state index in [1.807, 2.05) is 0 Å². The fourth-order valence-corrected chi connectivity index (χ4v) is 3.16. The SMILES string of the molecule is C.c1ccc(CCCCC2CCC3OC3C2)cc1. The Kier molecular flexibility index (Phi) is 4.82. The maximum atomic E-state index is 5.58. The molecule has 1 nitrogen and oxygen atoms in total. The molecular weight excluding hydrogens is 220 g/mol. The topological polar surface area (TPSA) is 12.5 Å². The summed E-state index contributed by atoms with van der Waals surface area (Å²) in [7, 11) is 0. The number of hydrogen-bond donors (Lipinski definition) is 0. The molecule has 0 amide bonds. The number of rotatable bonds is 5. The standard InChI is InChI=1S/C16H22O.CH4/c1-2-6-13(7-3-1)8-4-5-9-14-10-11-15-16(12-14)17-15;/h1-3,6-7,14-16H,4-5,8-12H2;1H4. The van der Waals surface area contributed by atoms with E-state index in [0.717, 1.165) is 5.92 Å². The van der Waals surface area contributed by atoms with Crippen molar-refractivity contribution in [3.8, 4) is 0 Å². The Morgan fingerprint density at radius 1 is 1.00 bits per heavy atom. The molecule has 1 aromatic carbocycles. The Morgan fingerprint density at radius 2 is 1.83 bits per heavy atom. The summed E-state index contributed by atoms with van der Waals surface area (Å²) in [5.41, 5.74) is 1.49. The van der Waals surface area contributed by atoms with Gasteiger partial charge < -0.3 is 4.74 Å². The fraction of sp³-hybridized carbons (Fsp3) is 0.647. The van der Waals surface area contributed by atoms with Crippen LogP contribution in [0, 0.1) is 5.92 Å². The average molecular weight is 246 g/mol. The molecule has 1 heterocycles. The number of fused-ring (bicyclic) bond motifs is 1. The number of hydrogen-bond acceptors (Lipinski definition) is 1. The van der Waals surface area contributed by atoms with Gasteiger partial charge in [-0.1, -0.05) is 50.6 Å². The van der Waals surface area contributed by atoms with Crippen LogP contribution in [-0.4, -0.2) is 12.2 Å². The molecule has 18 heavy (non-hydrogen) atoms. The summed E-state index contributed by atoms with van der Waals surface area (Å²) >= 11 is 0. The summed E-state index contributed by atoms with van der Waals surface area (Å²) in [5.74, 6) is 0.953. The van der Waals surface area contributed by atoms with Gasteiger partial charge in [0.15, 0.2) is 0 Å². The van der Waals surface area contributed by atoms with E-state index in [4.69, 9.17) is 4.74 Å². The second kappa shape index (κ2) is 6.38. The molecule has 0 N–H and O–H groups in total. The molecule has 0 spiro atoms. The number of benzene rings is 1. The zero-order valence-corrected chi connectivity index (χ0v) is 10.5. The molecule has 3 rings (SSSR count). The largest absolute Gasteiger partial charge is 0.370 e.